The Kier molecular flexibility index (Phi) is 6.11. The van der Waals surface area contributed by atoms with E-state index >= 15 is 0 Å². The fraction of sp³-hybridized carbons (Fsp3) is 0.364. The Morgan fingerprint density at radius 2 is 1.90 bits per heavy atom. The van der Waals surface area contributed by atoms with Crippen LogP contribution in [0.15, 0.2) is 30.3 Å². The number of hydrogen-bond donors (Lipinski definition) is 0. The predicted molar refractivity (Wildman–Crippen MR) is 60.7 cm³/mol. The van der Waals surface area contributed by atoms with Crippen LogP contribution < -0.4 is 0 Å². The normalized spacial score (nSPS) is 14.6. The zero-order valence-corrected chi connectivity index (χ0v) is 10.8. The van der Waals surface area contributed by atoms with Gasteiger partial charge in [0.25, 0.3) is 0 Å². The van der Waals surface area contributed by atoms with E-state index in [4.69, 9.17) is 0 Å². The molecular weight excluding hydrogens is 301 g/mol. The van der Waals surface area contributed by atoms with Crippen LogP contribution >= 0.6 is 0 Å². The van der Waals surface area contributed by atoms with Crippen molar-refractivity contribution >= 4 is 17.3 Å². The van der Waals surface area contributed by atoms with Gasteiger partial charge in [-0.05, 0) is 12.0 Å². The fourth-order valence-electron chi connectivity index (χ4n) is 1.40. The second kappa shape index (κ2) is 7.36. The first-order chi connectivity index (χ1) is 9.30. The Labute approximate surface area is 115 Å². The molecule has 0 bridgehead atoms. The average Bonchev–Trinajstić information content (AvgIpc) is 2.35. The summed E-state index contributed by atoms with van der Waals surface area (Å²) in [4.78, 5) is 11.4. The number of carbonyl (C=O) groups excluding carboxylic acids is 1. The molecule has 0 amide bonds. The first-order valence-electron chi connectivity index (χ1n) is 5.30. The number of rotatable bonds is 6. The fourth-order valence-corrected chi connectivity index (χ4v) is 1.53. The summed E-state index contributed by atoms with van der Waals surface area (Å²) in [5, 5.41) is 0. The Bertz CT molecular complexity index is 463. The lowest BCUT2D eigenvalue weighted by Gasteiger charge is -2.19. The summed E-state index contributed by atoms with van der Waals surface area (Å²) in [5.74, 6) is -3.97. The molecule has 9 heteroatoms. The highest BCUT2D eigenvalue weighted by atomic mass is 32.2. The van der Waals surface area contributed by atoms with Crippen molar-refractivity contribution in [3.8, 4) is 0 Å². The molecule has 0 aliphatic rings. The van der Waals surface area contributed by atoms with Gasteiger partial charge in [0, 0.05) is 0 Å². The van der Waals surface area contributed by atoms with E-state index in [0.29, 0.717) is 5.56 Å². The van der Waals surface area contributed by atoms with Gasteiger partial charge < -0.3 is 9.29 Å². The maximum absolute atomic E-state index is 12.8. The van der Waals surface area contributed by atoms with Crippen molar-refractivity contribution in [3.63, 3.8) is 0 Å². The van der Waals surface area contributed by atoms with Gasteiger partial charge in [-0.1, -0.05) is 30.3 Å². The van der Waals surface area contributed by atoms with Crippen molar-refractivity contribution in [1.82, 2.24) is 0 Å². The number of benzene rings is 1. The molecule has 2 atom stereocenters. The first-order valence-corrected chi connectivity index (χ1v) is 6.30. The standard InChI is InChI=1S/C11H11F3O5S/c12-11(13,14)9(6-8-4-2-1-3-5-8)10(15)18-7-19-20(16)17/h1-5,9H,6-7H2,(H,16,17)/p-1. The molecule has 2 unspecified atom stereocenters. The van der Waals surface area contributed by atoms with E-state index in [1.807, 2.05) is 0 Å². The van der Waals surface area contributed by atoms with Crippen LogP contribution in [0.2, 0.25) is 0 Å². The number of halogens is 3. The molecule has 0 heterocycles. The molecule has 1 aromatic carbocycles. The van der Waals surface area contributed by atoms with Gasteiger partial charge in [-0.15, -0.1) is 0 Å². The first kappa shape index (κ1) is 16.6. The molecule has 0 N–H and O–H groups in total. The maximum atomic E-state index is 12.8. The molecule has 0 aliphatic heterocycles. The maximum Gasteiger partial charge on any atom is 0.402 e. The van der Waals surface area contributed by atoms with E-state index in [2.05, 4.69) is 8.92 Å². The lowest BCUT2D eigenvalue weighted by atomic mass is 9.99. The molecule has 5 nitrogen and oxygen atoms in total. The van der Waals surface area contributed by atoms with Gasteiger partial charge in [-0.2, -0.15) is 13.2 Å². The van der Waals surface area contributed by atoms with Gasteiger partial charge in [0.1, 0.15) is 0 Å². The molecular formula is C11H10F3O5S-. The summed E-state index contributed by atoms with van der Waals surface area (Å²) < 4.78 is 66.3. The largest absolute Gasteiger partial charge is 0.750 e. The second-order valence-corrected chi connectivity index (χ2v) is 4.33. The summed E-state index contributed by atoms with van der Waals surface area (Å²) in [5.41, 5.74) is 0.306. The van der Waals surface area contributed by atoms with E-state index < -0.39 is 42.6 Å². The van der Waals surface area contributed by atoms with E-state index in [0.717, 1.165) is 0 Å². The molecule has 20 heavy (non-hydrogen) atoms. The van der Waals surface area contributed by atoms with Crippen LogP contribution in [0.25, 0.3) is 0 Å². The van der Waals surface area contributed by atoms with Crippen LogP contribution in [-0.2, 0) is 31.5 Å². The summed E-state index contributed by atoms with van der Waals surface area (Å²) in [7, 11) is 0. The van der Waals surface area contributed by atoms with Crippen LogP contribution in [0, 0.1) is 5.92 Å². The van der Waals surface area contributed by atoms with Crippen molar-refractivity contribution in [2.75, 3.05) is 6.79 Å². The Balaban J connectivity index is 2.70. The molecule has 0 saturated heterocycles. The molecule has 0 saturated carbocycles. The van der Waals surface area contributed by atoms with Crippen molar-refractivity contribution < 1.29 is 35.6 Å². The highest BCUT2D eigenvalue weighted by Gasteiger charge is 2.45. The minimum Gasteiger partial charge on any atom is -0.750 e. The molecule has 1 aromatic rings. The van der Waals surface area contributed by atoms with E-state index in [-0.39, 0.29) is 0 Å². The monoisotopic (exact) mass is 311 g/mol. The Morgan fingerprint density at radius 3 is 2.40 bits per heavy atom. The Morgan fingerprint density at radius 1 is 1.30 bits per heavy atom. The summed E-state index contributed by atoms with van der Waals surface area (Å²) in [6.07, 6.45) is -5.40. The van der Waals surface area contributed by atoms with Gasteiger partial charge in [0.05, 0.1) is 11.4 Å². The summed E-state index contributed by atoms with van der Waals surface area (Å²) in [6.45, 7) is -1.09. The van der Waals surface area contributed by atoms with Crippen molar-refractivity contribution in [2.45, 2.75) is 12.6 Å². The average molecular weight is 311 g/mol. The third kappa shape index (κ3) is 5.68. The summed E-state index contributed by atoms with van der Waals surface area (Å²) >= 11 is -2.96. The number of carbonyl (C=O) groups is 1. The highest BCUT2D eigenvalue weighted by Crippen LogP contribution is 2.30. The highest BCUT2D eigenvalue weighted by molar-refractivity contribution is 7.74. The van der Waals surface area contributed by atoms with Crippen molar-refractivity contribution in [3.05, 3.63) is 35.9 Å². The van der Waals surface area contributed by atoms with Crippen LogP contribution in [0.5, 0.6) is 0 Å². The third-order valence-electron chi connectivity index (χ3n) is 2.31. The van der Waals surface area contributed by atoms with Crippen molar-refractivity contribution in [1.29, 1.82) is 0 Å². The van der Waals surface area contributed by atoms with Crippen LogP contribution in [0.1, 0.15) is 5.56 Å². The second-order valence-electron chi connectivity index (χ2n) is 3.69. The zero-order valence-electron chi connectivity index (χ0n) is 9.96. The van der Waals surface area contributed by atoms with Gasteiger partial charge in [0.2, 0.25) is 6.79 Å². The summed E-state index contributed by atoms with van der Waals surface area (Å²) in [6, 6.07) is 7.59. The molecule has 1 rings (SSSR count). The van der Waals surface area contributed by atoms with E-state index in [1.54, 1.807) is 6.07 Å². The number of hydrogen-bond acceptors (Lipinski definition) is 5. The van der Waals surface area contributed by atoms with Gasteiger partial charge in [0.15, 0.2) is 5.92 Å². The predicted octanol–water partition coefficient (Wildman–Crippen LogP) is 1.72. The SMILES string of the molecule is O=C(OCOS(=O)[O-])C(Cc1ccccc1)C(F)(F)F. The minimum atomic E-state index is -4.80. The van der Waals surface area contributed by atoms with Gasteiger partial charge in [-0.3, -0.25) is 8.98 Å². The lowest BCUT2D eigenvalue weighted by Crippen LogP contribution is -2.34. The van der Waals surface area contributed by atoms with Gasteiger partial charge in [-0.25, -0.2) is 4.21 Å². The zero-order chi connectivity index (χ0) is 15.2. The smallest absolute Gasteiger partial charge is 0.402 e. The number of ether oxygens (including phenoxy) is 1. The number of esters is 1. The topological polar surface area (TPSA) is 75.7 Å². The third-order valence-corrected chi connectivity index (χ3v) is 2.60. The molecule has 0 aromatic heterocycles. The quantitative estimate of drug-likeness (QED) is 0.454. The van der Waals surface area contributed by atoms with Gasteiger partial charge >= 0.3 is 12.1 Å². The molecule has 0 aliphatic carbocycles. The lowest BCUT2D eigenvalue weighted by molar-refractivity contribution is -0.201. The number of alkyl halides is 3. The minimum absolute atomic E-state index is 0.306. The van der Waals surface area contributed by atoms with E-state index in [9.17, 15) is 26.7 Å². The van der Waals surface area contributed by atoms with Crippen molar-refractivity contribution in [2.24, 2.45) is 5.92 Å². The van der Waals surface area contributed by atoms with Crippen LogP contribution in [-0.4, -0.2) is 27.7 Å². The Hall–Kier alpha value is -1.45. The molecule has 0 radical (unpaired) electrons. The molecule has 112 valence electrons. The van der Waals surface area contributed by atoms with Crippen LogP contribution in [0.3, 0.4) is 0 Å². The molecule has 0 fully saturated rings. The molecule has 0 spiro atoms. The van der Waals surface area contributed by atoms with Crippen LogP contribution in [0.4, 0.5) is 13.2 Å². The van der Waals surface area contributed by atoms with E-state index in [1.165, 1.54) is 24.3 Å².